The number of nitriles is 1. The number of carbonyl (C=O) groups is 2. The number of aromatic nitrogens is 3. The fourth-order valence-electron chi connectivity index (χ4n) is 4.81. The lowest BCUT2D eigenvalue weighted by Crippen LogP contribution is -2.37. The number of hydrogen-bond donors (Lipinski definition) is 2. The van der Waals surface area contributed by atoms with E-state index in [1.807, 2.05) is 37.5 Å². The maximum absolute atomic E-state index is 13.1. The van der Waals surface area contributed by atoms with Crippen LogP contribution in [0.2, 0.25) is 0 Å². The quantitative estimate of drug-likeness (QED) is 0.289. The number of fused-ring (bicyclic) bond motifs is 1. The molecule has 2 aromatic heterocycles. The molecule has 41 heavy (non-hydrogen) atoms. The summed E-state index contributed by atoms with van der Waals surface area (Å²) in [5.74, 6) is -0.0439. The summed E-state index contributed by atoms with van der Waals surface area (Å²) in [5.41, 5.74) is 2.79. The van der Waals surface area contributed by atoms with E-state index < -0.39 is 5.91 Å². The third-order valence-corrected chi connectivity index (χ3v) is 7.55. The van der Waals surface area contributed by atoms with Gasteiger partial charge in [0.1, 0.15) is 11.6 Å². The van der Waals surface area contributed by atoms with Crippen LogP contribution in [0.5, 0.6) is 0 Å². The van der Waals surface area contributed by atoms with Crippen LogP contribution in [-0.4, -0.2) is 50.6 Å². The number of rotatable bonds is 8. The van der Waals surface area contributed by atoms with Crippen molar-refractivity contribution in [2.45, 2.75) is 74.0 Å². The number of allylic oxidation sites excluding steroid dienone is 1. The minimum Gasteiger partial charge on any atom is -0.351 e. The summed E-state index contributed by atoms with van der Waals surface area (Å²) in [6.07, 6.45) is 3.93. The predicted molar refractivity (Wildman–Crippen MR) is 158 cm³/mol. The van der Waals surface area contributed by atoms with Crippen LogP contribution in [0.4, 0.5) is 5.95 Å². The number of imidazole rings is 1. The molecule has 0 unspecified atom stereocenters. The number of nitrogens with zero attached hydrogens (tertiary/aromatic N) is 5. The van der Waals surface area contributed by atoms with Gasteiger partial charge in [0.25, 0.3) is 11.8 Å². The fraction of sp³-hybridized carbons (Fsp3) is 0.516. The Morgan fingerprint density at radius 1 is 1.22 bits per heavy atom. The Hall–Kier alpha value is -3.97. The molecule has 0 bridgehead atoms. The topological polar surface area (TPSA) is 129 Å². The zero-order chi connectivity index (χ0) is 29.9. The van der Waals surface area contributed by atoms with E-state index >= 15 is 0 Å². The standard InChI is InChI=1S/C31H41N7O3/c1-20(31(5,6)7)33-17-21-8-9-25-24(14-21)35-29(36-27(39)26-10-12-34-41-26)38(25)19-22-11-13-37(18-22)28(40)23(16-32)15-30(2,3)4/h8-10,12,14-15,20,22,33H,11,13,17-19H2,1-7H3,(H,35,36,39)/b23-15+/t20-,22-/m0/s1. The Bertz CT molecular complexity index is 1470. The van der Waals surface area contributed by atoms with E-state index in [1.54, 1.807) is 11.0 Å². The summed E-state index contributed by atoms with van der Waals surface area (Å²) in [6.45, 7) is 17.0. The SMILES string of the molecule is C[C@H](NCc1ccc2c(c1)nc(NC(=O)c1ccno1)n2C[C@H]1CCN(C(=O)/C(C#N)=C/C(C)(C)C)C1)C(C)(C)C. The number of hydrogen-bond acceptors (Lipinski definition) is 7. The molecule has 2 N–H and O–H groups in total. The molecule has 2 atom stereocenters. The predicted octanol–water partition coefficient (Wildman–Crippen LogP) is 5.15. The fourth-order valence-corrected chi connectivity index (χ4v) is 4.81. The van der Waals surface area contributed by atoms with Crippen molar-refractivity contribution in [1.29, 1.82) is 5.26 Å². The van der Waals surface area contributed by atoms with Gasteiger partial charge < -0.3 is 19.3 Å². The van der Waals surface area contributed by atoms with Crippen LogP contribution in [0.3, 0.4) is 0 Å². The normalized spacial score (nSPS) is 17.1. The smallest absolute Gasteiger partial charge is 0.296 e. The maximum Gasteiger partial charge on any atom is 0.296 e. The van der Waals surface area contributed by atoms with E-state index in [9.17, 15) is 14.9 Å². The first-order valence-electron chi connectivity index (χ1n) is 14.1. The van der Waals surface area contributed by atoms with E-state index in [4.69, 9.17) is 9.51 Å². The van der Waals surface area contributed by atoms with E-state index in [-0.39, 0.29) is 34.0 Å². The van der Waals surface area contributed by atoms with Gasteiger partial charge in [0.2, 0.25) is 11.7 Å². The first-order valence-corrected chi connectivity index (χ1v) is 14.1. The highest BCUT2D eigenvalue weighted by molar-refractivity contribution is 6.02. The van der Waals surface area contributed by atoms with Gasteiger partial charge in [-0.1, -0.05) is 58.8 Å². The van der Waals surface area contributed by atoms with Gasteiger partial charge in [0.15, 0.2) is 0 Å². The lowest BCUT2D eigenvalue weighted by Gasteiger charge is -2.28. The Labute approximate surface area is 241 Å². The molecule has 1 aromatic carbocycles. The number of benzene rings is 1. The molecule has 0 aliphatic carbocycles. The third-order valence-electron chi connectivity index (χ3n) is 7.55. The molecular formula is C31H41N7O3. The molecular weight excluding hydrogens is 518 g/mol. The molecule has 1 aliphatic heterocycles. The zero-order valence-electron chi connectivity index (χ0n) is 25.1. The van der Waals surface area contributed by atoms with Crippen molar-refractivity contribution in [2.24, 2.45) is 16.7 Å². The molecule has 1 fully saturated rings. The van der Waals surface area contributed by atoms with Gasteiger partial charge in [-0.3, -0.25) is 14.9 Å². The summed E-state index contributed by atoms with van der Waals surface area (Å²) >= 11 is 0. The van der Waals surface area contributed by atoms with Crippen LogP contribution >= 0.6 is 0 Å². The van der Waals surface area contributed by atoms with Gasteiger partial charge in [-0.2, -0.15) is 5.26 Å². The summed E-state index contributed by atoms with van der Waals surface area (Å²) in [4.78, 5) is 32.5. The van der Waals surface area contributed by atoms with Crippen molar-refractivity contribution in [3.05, 3.63) is 53.4 Å². The van der Waals surface area contributed by atoms with Crippen LogP contribution in [0, 0.1) is 28.1 Å². The van der Waals surface area contributed by atoms with E-state index in [0.29, 0.717) is 38.2 Å². The minimum atomic E-state index is -0.436. The number of carbonyl (C=O) groups excluding carboxylic acids is 2. The summed E-state index contributed by atoms with van der Waals surface area (Å²) < 4.78 is 7.03. The molecule has 2 amide bonds. The Kier molecular flexibility index (Phi) is 8.69. The van der Waals surface area contributed by atoms with Gasteiger partial charge in [-0.05, 0) is 47.8 Å². The second-order valence-corrected chi connectivity index (χ2v) is 13.1. The number of nitrogens with one attached hydrogen (secondary N) is 2. The van der Waals surface area contributed by atoms with Crippen LogP contribution in [0.15, 0.2) is 46.6 Å². The minimum absolute atomic E-state index is 0.0944. The highest BCUT2D eigenvalue weighted by atomic mass is 16.5. The summed E-state index contributed by atoms with van der Waals surface area (Å²) in [6, 6.07) is 10.1. The second-order valence-electron chi connectivity index (χ2n) is 13.1. The van der Waals surface area contributed by atoms with E-state index in [0.717, 1.165) is 23.0 Å². The highest BCUT2D eigenvalue weighted by Crippen LogP contribution is 2.28. The van der Waals surface area contributed by atoms with Gasteiger partial charge in [0.05, 0.1) is 17.2 Å². The van der Waals surface area contributed by atoms with Crippen molar-refractivity contribution in [3.63, 3.8) is 0 Å². The Balaban J connectivity index is 1.57. The number of likely N-dealkylation sites (tertiary alicyclic amines) is 1. The van der Waals surface area contributed by atoms with Gasteiger partial charge in [0, 0.05) is 38.3 Å². The molecule has 10 heteroatoms. The van der Waals surface area contributed by atoms with Crippen LogP contribution in [0.1, 0.15) is 71.0 Å². The van der Waals surface area contributed by atoms with Crippen molar-refractivity contribution in [1.82, 2.24) is 24.9 Å². The molecule has 10 nitrogen and oxygen atoms in total. The van der Waals surface area contributed by atoms with Crippen LogP contribution < -0.4 is 10.6 Å². The van der Waals surface area contributed by atoms with Crippen molar-refractivity contribution in [3.8, 4) is 6.07 Å². The average Bonchev–Trinajstić information content (AvgIpc) is 3.65. The Morgan fingerprint density at radius 2 is 1.98 bits per heavy atom. The number of anilines is 1. The van der Waals surface area contributed by atoms with Crippen LogP contribution in [0.25, 0.3) is 11.0 Å². The van der Waals surface area contributed by atoms with Crippen molar-refractivity contribution in [2.75, 3.05) is 18.4 Å². The molecule has 0 radical (unpaired) electrons. The lowest BCUT2D eigenvalue weighted by molar-refractivity contribution is -0.125. The molecule has 1 aliphatic rings. The van der Waals surface area contributed by atoms with Crippen molar-refractivity contribution < 1.29 is 14.1 Å². The molecule has 3 aromatic rings. The first kappa shape index (κ1) is 30.0. The molecule has 0 saturated carbocycles. The van der Waals surface area contributed by atoms with Crippen molar-refractivity contribution >= 4 is 28.8 Å². The Morgan fingerprint density at radius 3 is 2.61 bits per heavy atom. The highest BCUT2D eigenvalue weighted by Gasteiger charge is 2.30. The molecule has 3 heterocycles. The molecule has 218 valence electrons. The summed E-state index contributed by atoms with van der Waals surface area (Å²) in [7, 11) is 0. The zero-order valence-corrected chi connectivity index (χ0v) is 25.1. The summed E-state index contributed by atoms with van der Waals surface area (Å²) in [5, 5.41) is 19.7. The molecule has 0 spiro atoms. The number of amides is 2. The monoisotopic (exact) mass is 559 g/mol. The lowest BCUT2D eigenvalue weighted by atomic mass is 9.88. The van der Waals surface area contributed by atoms with E-state index in [2.05, 4.69) is 55.6 Å². The van der Waals surface area contributed by atoms with E-state index in [1.165, 1.54) is 12.3 Å². The largest absolute Gasteiger partial charge is 0.351 e. The van der Waals surface area contributed by atoms with Gasteiger partial charge >= 0.3 is 0 Å². The molecule has 4 rings (SSSR count). The second kappa shape index (κ2) is 11.9. The first-order chi connectivity index (χ1) is 19.2. The van der Waals surface area contributed by atoms with Gasteiger partial charge in [-0.15, -0.1) is 0 Å². The van der Waals surface area contributed by atoms with Gasteiger partial charge in [-0.25, -0.2) is 4.98 Å². The maximum atomic E-state index is 13.1. The third kappa shape index (κ3) is 7.41. The van der Waals surface area contributed by atoms with Crippen LogP contribution in [-0.2, 0) is 17.9 Å². The molecule has 1 saturated heterocycles. The average molecular weight is 560 g/mol.